The number of H-pyrrole nitrogens is 1. The molecule has 4 rings (SSSR count). The summed E-state index contributed by atoms with van der Waals surface area (Å²) in [6.07, 6.45) is 3.39. The summed E-state index contributed by atoms with van der Waals surface area (Å²) in [5.41, 5.74) is 1.09. The molecule has 32 heavy (non-hydrogen) atoms. The molecule has 164 valence electrons. The predicted octanol–water partition coefficient (Wildman–Crippen LogP) is 2.74. The van der Waals surface area contributed by atoms with Crippen molar-refractivity contribution in [2.45, 2.75) is 6.04 Å². The number of benzene rings is 2. The molecule has 2 aromatic carbocycles. The van der Waals surface area contributed by atoms with Gasteiger partial charge in [-0.15, -0.1) is 0 Å². The van der Waals surface area contributed by atoms with Crippen LogP contribution in [0.15, 0.2) is 48.8 Å². The standard InChI is InChI=1S/C21H20N6O5/c1-26-7-6-22-20(26)18(12-8-14(31-2)11-15(9-12)32-3)23-21(28)19-16-10-13(27(29)30)4-5-17(16)24-25-19/h4-11,18H,1-3H3,(H,23,28)(H,24,25). The van der Waals surface area contributed by atoms with E-state index in [2.05, 4.69) is 20.5 Å². The molecule has 2 heterocycles. The number of carbonyl (C=O) groups is 1. The monoisotopic (exact) mass is 436 g/mol. The lowest BCUT2D eigenvalue weighted by Gasteiger charge is -2.20. The second-order valence-corrected chi connectivity index (χ2v) is 7.01. The number of non-ortho nitro benzene ring substituents is 1. The number of aromatic amines is 1. The Kier molecular flexibility index (Phi) is 5.46. The fourth-order valence-electron chi connectivity index (χ4n) is 3.44. The van der Waals surface area contributed by atoms with E-state index in [1.165, 1.54) is 32.4 Å². The first-order valence-electron chi connectivity index (χ1n) is 9.55. The first kappa shape index (κ1) is 20.8. The van der Waals surface area contributed by atoms with Gasteiger partial charge in [0, 0.05) is 43.0 Å². The highest BCUT2D eigenvalue weighted by Crippen LogP contribution is 2.30. The quantitative estimate of drug-likeness (QED) is 0.336. The number of amides is 1. The van der Waals surface area contributed by atoms with Gasteiger partial charge in [-0.05, 0) is 23.8 Å². The molecular formula is C21H20N6O5. The molecular weight excluding hydrogens is 416 g/mol. The minimum atomic E-state index is -0.669. The van der Waals surface area contributed by atoms with Crippen LogP contribution in [0.4, 0.5) is 5.69 Å². The molecule has 0 saturated carbocycles. The Bertz CT molecular complexity index is 1290. The highest BCUT2D eigenvalue weighted by molar-refractivity contribution is 6.05. The van der Waals surface area contributed by atoms with Crippen LogP contribution in [0.3, 0.4) is 0 Å². The summed E-state index contributed by atoms with van der Waals surface area (Å²) in [5, 5.41) is 21.3. The number of carbonyl (C=O) groups excluding carboxylic acids is 1. The number of nitro groups is 1. The summed E-state index contributed by atoms with van der Waals surface area (Å²) in [5.74, 6) is 1.15. The lowest BCUT2D eigenvalue weighted by atomic mass is 10.0. The lowest BCUT2D eigenvalue weighted by molar-refractivity contribution is -0.384. The zero-order chi connectivity index (χ0) is 22.8. The van der Waals surface area contributed by atoms with Crippen molar-refractivity contribution in [3.63, 3.8) is 0 Å². The van der Waals surface area contributed by atoms with E-state index in [0.717, 1.165) is 0 Å². The summed E-state index contributed by atoms with van der Waals surface area (Å²) in [4.78, 5) is 28.3. The molecule has 1 atom stereocenters. The van der Waals surface area contributed by atoms with Crippen LogP contribution in [0.5, 0.6) is 11.5 Å². The molecule has 0 saturated heterocycles. The number of methoxy groups -OCH3 is 2. The molecule has 0 fully saturated rings. The summed E-state index contributed by atoms with van der Waals surface area (Å²) >= 11 is 0. The van der Waals surface area contributed by atoms with Gasteiger partial charge < -0.3 is 19.4 Å². The number of rotatable bonds is 7. The molecule has 0 radical (unpaired) electrons. The molecule has 4 aromatic rings. The fourth-order valence-corrected chi connectivity index (χ4v) is 3.44. The molecule has 1 unspecified atom stereocenters. The third-order valence-corrected chi connectivity index (χ3v) is 5.07. The fraction of sp³-hybridized carbons (Fsp3) is 0.190. The van der Waals surface area contributed by atoms with Crippen molar-refractivity contribution < 1.29 is 19.2 Å². The van der Waals surface area contributed by atoms with Gasteiger partial charge in [0.25, 0.3) is 11.6 Å². The van der Waals surface area contributed by atoms with Gasteiger partial charge in [0.2, 0.25) is 0 Å². The van der Waals surface area contributed by atoms with Crippen LogP contribution < -0.4 is 14.8 Å². The normalized spacial score (nSPS) is 11.8. The number of aryl methyl sites for hydroxylation is 1. The zero-order valence-corrected chi connectivity index (χ0v) is 17.5. The zero-order valence-electron chi connectivity index (χ0n) is 17.5. The topological polar surface area (TPSA) is 137 Å². The number of nitrogens with one attached hydrogen (secondary N) is 2. The number of fused-ring (bicyclic) bond motifs is 1. The average molecular weight is 436 g/mol. The van der Waals surface area contributed by atoms with E-state index in [-0.39, 0.29) is 11.4 Å². The highest BCUT2D eigenvalue weighted by Gasteiger charge is 2.25. The Hall–Kier alpha value is -4.41. The van der Waals surface area contributed by atoms with Crippen molar-refractivity contribution >= 4 is 22.5 Å². The summed E-state index contributed by atoms with van der Waals surface area (Å²) in [6.45, 7) is 0. The van der Waals surface area contributed by atoms with Gasteiger partial charge in [0.1, 0.15) is 23.4 Å². The lowest BCUT2D eigenvalue weighted by Crippen LogP contribution is -2.31. The van der Waals surface area contributed by atoms with Crippen LogP contribution in [0.2, 0.25) is 0 Å². The van der Waals surface area contributed by atoms with Gasteiger partial charge in [-0.2, -0.15) is 5.10 Å². The van der Waals surface area contributed by atoms with E-state index < -0.39 is 16.9 Å². The maximum Gasteiger partial charge on any atom is 0.273 e. The van der Waals surface area contributed by atoms with E-state index >= 15 is 0 Å². The molecule has 2 N–H and O–H groups in total. The van der Waals surface area contributed by atoms with Gasteiger partial charge in [-0.25, -0.2) is 4.98 Å². The Morgan fingerprint density at radius 2 is 1.91 bits per heavy atom. The minimum Gasteiger partial charge on any atom is -0.497 e. The van der Waals surface area contributed by atoms with Gasteiger partial charge in [-0.3, -0.25) is 20.0 Å². The first-order valence-corrected chi connectivity index (χ1v) is 9.55. The van der Waals surface area contributed by atoms with Gasteiger partial charge in [-0.1, -0.05) is 0 Å². The van der Waals surface area contributed by atoms with Crippen LogP contribution in [-0.4, -0.2) is 44.8 Å². The average Bonchev–Trinajstić information content (AvgIpc) is 3.42. The van der Waals surface area contributed by atoms with Gasteiger partial charge >= 0.3 is 0 Å². The molecule has 2 aromatic heterocycles. The third kappa shape index (κ3) is 3.83. The first-order chi connectivity index (χ1) is 15.4. The molecule has 0 bridgehead atoms. The minimum absolute atomic E-state index is 0.0396. The number of ether oxygens (including phenoxy) is 2. The van der Waals surface area contributed by atoms with E-state index in [0.29, 0.717) is 33.8 Å². The van der Waals surface area contributed by atoms with Crippen LogP contribution in [-0.2, 0) is 7.05 Å². The Labute approximate surface area is 182 Å². The van der Waals surface area contributed by atoms with Gasteiger partial charge in [0.05, 0.1) is 24.7 Å². The van der Waals surface area contributed by atoms with E-state index in [4.69, 9.17) is 9.47 Å². The number of hydrogen-bond donors (Lipinski definition) is 2. The molecule has 0 spiro atoms. The third-order valence-electron chi connectivity index (χ3n) is 5.07. The molecule has 1 amide bonds. The number of aromatic nitrogens is 4. The summed E-state index contributed by atoms with van der Waals surface area (Å²) in [6, 6.07) is 8.78. The maximum absolute atomic E-state index is 13.2. The van der Waals surface area contributed by atoms with Crippen molar-refractivity contribution in [3.05, 3.63) is 76.0 Å². The van der Waals surface area contributed by atoms with Crippen LogP contribution in [0, 0.1) is 10.1 Å². The molecule has 0 aliphatic rings. The largest absolute Gasteiger partial charge is 0.497 e. The molecule has 0 aliphatic carbocycles. The van der Waals surface area contributed by atoms with E-state index in [1.807, 2.05) is 7.05 Å². The van der Waals surface area contributed by atoms with Gasteiger partial charge in [0.15, 0.2) is 5.69 Å². The smallest absolute Gasteiger partial charge is 0.273 e. The SMILES string of the molecule is COc1cc(OC)cc(C(NC(=O)c2n[nH]c3ccc([N+](=O)[O-])cc23)c2nccn2C)c1. The number of nitrogens with zero attached hydrogens (tertiary/aromatic N) is 4. The molecule has 0 aliphatic heterocycles. The maximum atomic E-state index is 13.2. The van der Waals surface area contributed by atoms with Crippen LogP contribution >= 0.6 is 0 Å². The second-order valence-electron chi connectivity index (χ2n) is 7.01. The Morgan fingerprint density at radius 1 is 1.19 bits per heavy atom. The van der Waals surface area contributed by atoms with E-state index in [1.54, 1.807) is 35.2 Å². The Balaban J connectivity index is 1.77. The summed E-state index contributed by atoms with van der Waals surface area (Å²) < 4.78 is 12.5. The number of nitro benzene ring substituents is 1. The number of hydrogen-bond acceptors (Lipinski definition) is 7. The Morgan fingerprint density at radius 3 is 2.50 bits per heavy atom. The van der Waals surface area contributed by atoms with Crippen molar-refractivity contribution in [2.75, 3.05) is 14.2 Å². The van der Waals surface area contributed by atoms with E-state index in [9.17, 15) is 14.9 Å². The highest BCUT2D eigenvalue weighted by atomic mass is 16.6. The summed E-state index contributed by atoms with van der Waals surface area (Å²) in [7, 11) is 4.89. The molecule has 11 heteroatoms. The van der Waals surface area contributed by atoms with Crippen LogP contribution in [0.25, 0.3) is 10.9 Å². The second kappa shape index (κ2) is 8.38. The number of imidazole rings is 1. The van der Waals surface area contributed by atoms with Crippen LogP contribution in [0.1, 0.15) is 27.9 Å². The van der Waals surface area contributed by atoms with Crippen molar-refractivity contribution in [1.29, 1.82) is 0 Å². The van der Waals surface area contributed by atoms with Crippen molar-refractivity contribution in [3.8, 4) is 11.5 Å². The predicted molar refractivity (Wildman–Crippen MR) is 115 cm³/mol. The molecule has 11 nitrogen and oxygen atoms in total. The van der Waals surface area contributed by atoms with Crippen molar-refractivity contribution in [2.24, 2.45) is 7.05 Å². The van der Waals surface area contributed by atoms with Crippen molar-refractivity contribution in [1.82, 2.24) is 25.1 Å².